The minimum atomic E-state index is -0.129. The lowest BCUT2D eigenvalue weighted by Crippen LogP contribution is -2.20. The third-order valence-electron chi connectivity index (χ3n) is 3.51. The second-order valence-electron chi connectivity index (χ2n) is 5.46. The van der Waals surface area contributed by atoms with Gasteiger partial charge >= 0.3 is 0 Å². The maximum Gasteiger partial charge on any atom is 0.244 e. The van der Waals surface area contributed by atoms with Crippen molar-refractivity contribution in [2.75, 3.05) is 0 Å². The SMILES string of the molecule is Cc1cccc(/C=C/C(=O)NCc2ccc(-n3ccnc3)nc2)c1. The predicted octanol–water partition coefficient (Wildman–Crippen LogP) is 2.91. The molecule has 0 aliphatic carbocycles. The molecule has 0 atom stereocenters. The van der Waals surface area contributed by atoms with Crippen molar-refractivity contribution < 1.29 is 4.79 Å². The van der Waals surface area contributed by atoms with Crippen LogP contribution in [0.25, 0.3) is 11.9 Å². The van der Waals surface area contributed by atoms with Gasteiger partial charge in [0.1, 0.15) is 12.1 Å². The van der Waals surface area contributed by atoms with Crippen molar-refractivity contribution in [3.63, 3.8) is 0 Å². The van der Waals surface area contributed by atoms with Gasteiger partial charge in [-0.1, -0.05) is 35.9 Å². The van der Waals surface area contributed by atoms with Crippen LogP contribution in [0.3, 0.4) is 0 Å². The number of carbonyl (C=O) groups is 1. The highest BCUT2D eigenvalue weighted by Gasteiger charge is 2.00. The largest absolute Gasteiger partial charge is 0.348 e. The van der Waals surface area contributed by atoms with Crippen LogP contribution in [0.1, 0.15) is 16.7 Å². The Bertz CT molecular complexity index is 836. The molecule has 5 heteroatoms. The number of benzene rings is 1. The highest BCUT2D eigenvalue weighted by atomic mass is 16.1. The van der Waals surface area contributed by atoms with E-state index in [1.165, 1.54) is 5.56 Å². The van der Waals surface area contributed by atoms with Crippen LogP contribution in [-0.4, -0.2) is 20.4 Å². The standard InChI is InChI=1S/C19H18N4O/c1-15-3-2-4-16(11-15)6-8-19(24)22-13-17-5-7-18(21-12-17)23-10-9-20-14-23/h2-12,14H,13H2,1H3,(H,22,24)/b8-6+. The number of imidazole rings is 1. The van der Waals surface area contributed by atoms with Gasteiger partial charge in [0.05, 0.1) is 0 Å². The van der Waals surface area contributed by atoms with Crippen LogP contribution in [0, 0.1) is 6.92 Å². The quantitative estimate of drug-likeness (QED) is 0.736. The fraction of sp³-hybridized carbons (Fsp3) is 0.105. The number of aryl methyl sites for hydroxylation is 1. The Hall–Kier alpha value is -3.21. The summed E-state index contributed by atoms with van der Waals surface area (Å²) < 4.78 is 1.83. The average molecular weight is 318 g/mol. The van der Waals surface area contributed by atoms with E-state index < -0.39 is 0 Å². The lowest BCUT2D eigenvalue weighted by molar-refractivity contribution is -0.116. The van der Waals surface area contributed by atoms with Crippen molar-refractivity contribution in [1.82, 2.24) is 19.9 Å². The monoisotopic (exact) mass is 318 g/mol. The molecule has 0 aliphatic rings. The molecule has 2 heterocycles. The van der Waals surface area contributed by atoms with E-state index >= 15 is 0 Å². The summed E-state index contributed by atoms with van der Waals surface area (Å²) in [6, 6.07) is 11.8. The van der Waals surface area contributed by atoms with E-state index in [1.54, 1.807) is 24.8 Å². The van der Waals surface area contributed by atoms with Crippen molar-refractivity contribution in [3.05, 3.63) is 84.1 Å². The Kier molecular flexibility index (Phi) is 4.81. The summed E-state index contributed by atoms with van der Waals surface area (Å²) in [6.45, 7) is 2.46. The Balaban J connectivity index is 1.54. The maximum absolute atomic E-state index is 11.9. The van der Waals surface area contributed by atoms with Crippen LogP contribution in [0.5, 0.6) is 0 Å². The molecule has 0 radical (unpaired) electrons. The van der Waals surface area contributed by atoms with Crippen molar-refractivity contribution in [2.24, 2.45) is 0 Å². The van der Waals surface area contributed by atoms with E-state index in [0.29, 0.717) is 6.54 Å². The fourth-order valence-corrected chi connectivity index (χ4v) is 2.26. The van der Waals surface area contributed by atoms with E-state index in [2.05, 4.69) is 15.3 Å². The zero-order chi connectivity index (χ0) is 16.8. The fourth-order valence-electron chi connectivity index (χ4n) is 2.26. The number of aromatic nitrogens is 3. The third-order valence-corrected chi connectivity index (χ3v) is 3.51. The molecule has 0 saturated heterocycles. The zero-order valence-corrected chi connectivity index (χ0v) is 13.4. The number of hydrogen-bond donors (Lipinski definition) is 1. The molecule has 1 N–H and O–H groups in total. The van der Waals surface area contributed by atoms with Crippen LogP contribution in [0.15, 0.2) is 67.4 Å². The molecule has 0 aliphatic heterocycles. The Labute approximate surface area is 140 Å². The maximum atomic E-state index is 11.9. The Morgan fingerprint density at radius 3 is 2.92 bits per heavy atom. The minimum absolute atomic E-state index is 0.129. The highest BCUT2D eigenvalue weighted by molar-refractivity contribution is 5.91. The summed E-state index contributed by atoms with van der Waals surface area (Å²) >= 11 is 0. The molecular weight excluding hydrogens is 300 g/mol. The van der Waals surface area contributed by atoms with Gasteiger partial charge in [0.15, 0.2) is 0 Å². The number of hydrogen-bond acceptors (Lipinski definition) is 3. The molecule has 1 amide bonds. The van der Waals surface area contributed by atoms with E-state index in [0.717, 1.165) is 16.9 Å². The summed E-state index contributed by atoms with van der Waals surface area (Å²) in [7, 11) is 0. The average Bonchev–Trinajstić information content (AvgIpc) is 3.13. The van der Waals surface area contributed by atoms with E-state index in [9.17, 15) is 4.79 Å². The molecule has 0 fully saturated rings. The van der Waals surface area contributed by atoms with Gasteiger partial charge in [-0.25, -0.2) is 9.97 Å². The van der Waals surface area contributed by atoms with Crippen molar-refractivity contribution in [1.29, 1.82) is 0 Å². The summed E-state index contributed by atoms with van der Waals surface area (Å²) in [5.41, 5.74) is 3.12. The molecule has 0 spiro atoms. The van der Waals surface area contributed by atoms with Crippen LogP contribution < -0.4 is 5.32 Å². The van der Waals surface area contributed by atoms with Crippen LogP contribution in [0.2, 0.25) is 0 Å². The lowest BCUT2D eigenvalue weighted by Gasteiger charge is -2.04. The van der Waals surface area contributed by atoms with Crippen LogP contribution in [-0.2, 0) is 11.3 Å². The number of nitrogens with one attached hydrogen (secondary N) is 1. The summed E-state index contributed by atoms with van der Waals surface area (Å²) in [5, 5.41) is 2.85. The topological polar surface area (TPSA) is 59.8 Å². The number of nitrogens with zero attached hydrogens (tertiary/aromatic N) is 3. The third kappa shape index (κ3) is 4.16. The van der Waals surface area contributed by atoms with Gasteiger partial charge in [-0.05, 0) is 30.2 Å². The van der Waals surface area contributed by atoms with Gasteiger partial charge < -0.3 is 5.32 Å². The molecule has 120 valence electrons. The van der Waals surface area contributed by atoms with Gasteiger partial charge in [0.25, 0.3) is 0 Å². The van der Waals surface area contributed by atoms with E-state index in [4.69, 9.17) is 0 Å². The van der Waals surface area contributed by atoms with Gasteiger partial charge in [0, 0.05) is 31.2 Å². The highest BCUT2D eigenvalue weighted by Crippen LogP contribution is 2.07. The predicted molar refractivity (Wildman–Crippen MR) is 93.4 cm³/mol. The van der Waals surface area contributed by atoms with Crippen LogP contribution in [0.4, 0.5) is 0 Å². The minimum Gasteiger partial charge on any atom is -0.348 e. The van der Waals surface area contributed by atoms with Gasteiger partial charge in [0.2, 0.25) is 5.91 Å². The summed E-state index contributed by atoms with van der Waals surface area (Å²) in [5.74, 6) is 0.664. The van der Waals surface area contributed by atoms with Gasteiger partial charge in [-0.2, -0.15) is 0 Å². The second-order valence-corrected chi connectivity index (χ2v) is 5.46. The molecular formula is C19H18N4O. The zero-order valence-electron chi connectivity index (χ0n) is 13.4. The van der Waals surface area contributed by atoms with Crippen LogP contribution >= 0.6 is 0 Å². The molecule has 2 aromatic heterocycles. The molecule has 3 aromatic rings. The summed E-state index contributed by atoms with van der Waals surface area (Å²) in [4.78, 5) is 20.2. The Morgan fingerprint density at radius 1 is 1.29 bits per heavy atom. The molecule has 0 bridgehead atoms. The second kappa shape index (κ2) is 7.37. The Morgan fingerprint density at radius 2 is 2.21 bits per heavy atom. The first-order chi connectivity index (χ1) is 11.7. The van der Waals surface area contributed by atoms with Crippen molar-refractivity contribution in [3.8, 4) is 5.82 Å². The smallest absolute Gasteiger partial charge is 0.244 e. The first-order valence-corrected chi connectivity index (χ1v) is 7.66. The number of pyridine rings is 1. The van der Waals surface area contributed by atoms with Crippen molar-refractivity contribution >= 4 is 12.0 Å². The first-order valence-electron chi connectivity index (χ1n) is 7.66. The van der Waals surface area contributed by atoms with Gasteiger partial charge in [-0.3, -0.25) is 9.36 Å². The number of rotatable bonds is 5. The molecule has 24 heavy (non-hydrogen) atoms. The first kappa shape index (κ1) is 15.7. The molecule has 0 unspecified atom stereocenters. The molecule has 3 rings (SSSR count). The van der Waals surface area contributed by atoms with Crippen molar-refractivity contribution in [2.45, 2.75) is 13.5 Å². The van der Waals surface area contributed by atoms with E-state index in [1.807, 2.05) is 60.2 Å². The van der Waals surface area contributed by atoms with Gasteiger partial charge in [-0.15, -0.1) is 0 Å². The number of carbonyl (C=O) groups excluding carboxylic acids is 1. The molecule has 0 saturated carbocycles. The molecule has 1 aromatic carbocycles. The normalized spacial score (nSPS) is 10.9. The summed E-state index contributed by atoms with van der Waals surface area (Å²) in [6.07, 6.45) is 10.3. The lowest BCUT2D eigenvalue weighted by atomic mass is 10.1. The number of amides is 1. The van der Waals surface area contributed by atoms with E-state index in [-0.39, 0.29) is 5.91 Å². The molecule has 5 nitrogen and oxygen atoms in total.